The Labute approximate surface area is 404 Å². The molecule has 4 aromatic heterocycles. The van der Waals surface area contributed by atoms with E-state index in [-0.39, 0.29) is 85.2 Å². The quantitative estimate of drug-likeness (QED) is 0.0394. The summed E-state index contributed by atoms with van der Waals surface area (Å²) in [5.74, 6) is -1.25. The summed E-state index contributed by atoms with van der Waals surface area (Å²) >= 11 is 12.0. The van der Waals surface area contributed by atoms with E-state index in [0.29, 0.717) is 40.7 Å². The van der Waals surface area contributed by atoms with Crippen molar-refractivity contribution in [2.45, 2.75) is 86.7 Å². The van der Waals surface area contributed by atoms with E-state index in [0.717, 1.165) is 16.7 Å². The molecule has 0 aliphatic rings. The number of hydrogen-bond acceptors (Lipinski definition) is 12. The number of carbonyl (C=O) groups is 2. The summed E-state index contributed by atoms with van der Waals surface area (Å²) in [7, 11) is 0. The summed E-state index contributed by atoms with van der Waals surface area (Å²) in [5, 5.41) is 18.0. The smallest absolute Gasteiger partial charge is 0.329 e. The van der Waals surface area contributed by atoms with E-state index in [1.165, 1.54) is 21.3 Å². The van der Waals surface area contributed by atoms with Crippen LogP contribution >= 0.6 is 23.2 Å². The van der Waals surface area contributed by atoms with Crippen molar-refractivity contribution in [1.29, 1.82) is 10.5 Å². The number of allylic oxidation sites excluding steroid dienone is 1. The minimum atomic E-state index is -0.725. The number of nitrogens with two attached hydrogens (primary N) is 2. The molecule has 4 heterocycles. The first-order valence-electron chi connectivity index (χ1n) is 20.5. The van der Waals surface area contributed by atoms with Gasteiger partial charge in [0.25, 0.3) is 11.1 Å². The zero-order valence-corrected chi connectivity index (χ0v) is 39.0. The number of nitriles is 2. The van der Waals surface area contributed by atoms with Gasteiger partial charge in [-0.25, -0.2) is 19.6 Å². The highest BCUT2D eigenvalue weighted by molar-refractivity contribution is 6.29. The van der Waals surface area contributed by atoms with Gasteiger partial charge in [0.15, 0.2) is 0 Å². The Morgan fingerprint density at radius 3 is 1.54 bits per heavy atom. The second kappa shape index (κ2) is 23.7. The van der Waals surface area contributed by atoms with Gasteiger partial charge in [-0.05, 0) is 115 Å². The number of aromatic nitrogens is 6. The predicted octanol–water partition coefficient (Wildman–Crippen LogP) is 7.00. The number of nitrogens with zero attached hydrogens (tertiary/aromatic N) is 6. The normalized spacial score (nSPS) is 10.7. The molecule has 0 spiro atoms. The summed E-state index contributed by atoms with van der Waals surface area (Å²) < 4.78 is 2.46. The Bertz CT molecular complexity index is 3210. The van der Waals surface area contributed by atoms with Gasteiger partial charge in [0.05, 0.1) is 25.2 Å². The SMILES string of the molecule is C.Cc1cc(/C=C/C#N)cc(C(=O)c2c(C(C)C)c(=O)[nH]c(=O)n2Cc2cc(N)nc(Cl)c2)c1.Cc1cc(CCC#N)cc(C(=O)c2c(C(C)C)c(=O)[nH]c(=O)n2Cc2cc(N)nc(Cl)c2)c1.[B]. The van der Waals surface area contributed by atoms with Gasteiger partial charge < -0.3 is 11.5 Å². The Morgan fingerprint density at radius 2 is 1.13 bits per heavy atom. The van der Waals surface area contributed by atoms with Crippen LogP contribution < -0.4 is 34.0 Å². The second-order valence-corrected chi connectivity index (χ2v) is 16.9. The number of nitrogen functional groups attached to an aromatic ring is 2. The number of hydrogen-bond donors (Lipinski definition) is 4. The van der Waals surface area contributed by atoms with Crippen molar-refractivity contribution >= 4 is 60.9 Å². The van der Waals surface area contributed by atoms with E-state index in [1.807, 2.05) is 32.0 Å². The monoisotopic (exact) mass is 955 g/mol. The van der Waals surface area contributed by atoms with Crippen molar-refractivity contribution in [2.75, 3.05) is 11.5 Å². The van der Waals surface area contributed by atoms with Crippen molar-refractivity contribution in [3.05, 3.63) is 186 Å². The number of H-pyrrole nitrogens is 2. The van der Waals surface area contributed by atoms with Gasteiger partial charge >= 0.3 is 11.4 Å². The summed E-state index contributed by atoms with van der Waals surface area (Å²) in [6.07, 6.45) is 3.70. The van der Waals surface area contributed by atoms with Crippen molar-refractivity contribution in [3.8, 4) is 12.1 Å². The molecule has 0 bridgehead atoms. The number of halogens is 2. The summed E-state index contributed by atoms with van der Waals surface area (Å²) in [6.45, 7) is 10.7. The number of anilines is 2. The Hall–Kier alpha value is -7.60. The Balaban J connectivity index is 0.000000350. The molecular formula is C49H50BCl2N10O6. The molecule has 68 heavy (non-hydrogen) atoms. The molecule has 0 saturated carbocycles. The second-order valence-electron chi connectivity index (χ2n) is 16.1. The zero-order chi connectivity index (χ0) is 48.6. The molecule has 0 aliphatic heterocycles. The van der Waals surface area contributed by atoms with Crippen LogP contribution in [-0.4, -0.2) is 49.0 Å². The van der Waals surface area contributed by atoms with Crippen LogP contribution in [0.15, 0.2) is 85.9 Å². The topological polar surface area (TPSA) is 269 Å². The van der Waals surface area contributed by atoms with E-state index in [2.05, 4.69) is 26.0 Å². The third-order valence-electron chi connectivity index (χ3n) is 10.1. The number of pyridine rings is 2. The van der Waals surface area contributed by atoms with Crippen molar-refractivity contribution in [2.24, 2.45) is 0 Å². The fraction of sp³-hybridized carbons (Fsp3) is 0.265. The lowest BCUT2D eigenvalue weighted by Crippen LogP contribution is -2.38. The lowest BCUT2D eigenvalue weighted by Gasteiger charge is -2.18. The van der Waals surface area contributed by atoms with Gasteiger partial charge in [0.2, 0.25) is 11.6 Å². The number of ketones is 2. The summed E-state index contributed by atoms with van der Waals surface area (Å²) in [6, 6.07) is 20.6. The highest BCUT2D eigenvalue weighted by Crippen LogP contribution is 2.24. The highest BCUT2D eigenvalue weighted by Gasteiger charge is 2.27. The third kappa shape index (κ3) is 13.3. The average Bonchev–Trinajstić information content (AvgIpc) is 3.22. The zero-order valence-electron chi connectivity index (χ0n) is 37.5. The molecule has 2 aromatic carbocycles. The number of benzene rings is 2. The first-order chi connectivity index (χ1) is 31.2. The number of aromatic amines is 2. The predicted molar refractivity (Wildman–Crippen MR) is 267 cm³/mol. The van der Waals surface area contributed by atoms with Gasteiger partial charge in [0, 0.05) is 43.2 Å². The van der Waals surface area contributed by atoms with Gasteiger partial charge in [-0.2, -0.15) is 10.5 Å². The maximum Gasteiger partial charge on any atom is 0.329 e. The van der Waals surface area contributed by atoms with E-state index in [9.17, 15) is 28.8 Å². The number of aryl methyl sites for hydroxylation is 3. The van der Waals surface area contributed by atoms with E-state index < -0.39 is 34.1 Å². The molecule has 349 valence electrons. The van der Waals surface area contributed by atoms with Crippen LogP contribution in [0.5, 0.6) is 0 Å². The van der Waals surface area contributed by atoms with Crippen LogP contribution in [0.25, 0.3) is 6.08 Å². The van der Waals surface area contributed by atoms with Crippen LogP contribution in [0.2, 0.25) is 10.3 Å². The molecule has 6 N–H and O–H groups in total. The summed E-state index contributed by atoms with van der Waals surface area (Å²) in [4.78, 5) is 91.1. The first-order valence-corrected chi connectivity index (χ1v) is 21.3. The third-order valence-corrected chi connectivity index (χ3v) is 10.5. The molecule has 3 radical (unpaired) electrons. The number of carbonyl (C=O) groups excluding carboxylic acids is 2. The van der Waals surface area contributed by atoms with Gasteiger partial charge in [-0.15, -0.1) is 0 Å². The van der Waals surface area contributed by atoms with Crippen LogP contribution in [0.4, 0.5) is 11.6 Å². The molecule has 0 unspecified atom stereocenters. The van der Waals surface area contributed by atoms with Crippen LogP contribution in [0.1, 0.15) is 130 Å². The van der Waals surface area contributed by atoms with E-state index >= 15 is 0 Å². The number of rotatable bonds is 13. The maximum absolute atomic E-state index is 13.8. The van der Waals surface area contributed by atoms with E-state index in [4.69, 9.17) is 45.2 Å². The first kappa shape index (κ1) is 54.7. The fourth-order valence-corrected chi connectivity index (χ4v) is 7.99. The van der Waals surface area contributed by atoms with Gasteiger partial charge in [-0.1, -0.05) is 76.0 Å². The lowest BCUT2D eigenvalue weighted by molar-refractivity contribution is 0.101. The molecule has 6 aromatic rings. The largest absolute Gasteiger partial charge is 0.384 e. The fourth-order valence-electron chi connectivity index (χ4n) is 7.51. The van der Waals surface area contributed by atoms with Crippen molar-refractivity contribution in [1.82, 2.24) is 29.1 Å². The molecule has 0 aliphatic carbocycles. The van der Waals surface area contributed by atoms with Crippen molar-refractivity contribution < 1.29 is 9.59 Å². The standard InChI is InChI=1S/C24H24ClN5O3.C24H22ClN5O3.CH4.B/c2*1-13(2)20-21(22(31)17-8-14(3)7-15(9-17)5-4-6-26)30(24(33)29-23(20)32)12-16-10-18(25)28-19(27)11-16;;/h7-11,13H,4-5,12H2,1-3H3,(H2,27,28)(H,29,32,33);4-5,7-11,13H,12H2,1-3H3,(H2,27,28)(H,29,32,33);1H4;/b;5-4+;;. The van der Waals surface area contributed by atoms with Gasteiger partial charge in [-0.3, -0.25) is 38.3 Å². The minimum absolute atomic E-state index is 0. The van der Waals surface area contributed by atoms with Gasteiger partial charge in [0.1, 0.15) is 33.3 Å². The molecule has 0 atom stereocenters. The van der Waals surface area contributed by atoms with E-state index in [1.54, 1.807) is 76.2 Å². The van der Waals surface area contributed by atoms with Crippen LogP contribution in [0.3, 0.4) is 0 Å². The molecule has 0 fully saturated rings. The molecule has 0 saturated heterocycles. The average molecular weight is 957 g/mol. The molecule has 19 heteroatoms. The number of nitrogens with one attached hydrogen (secondary N) is 2. The molecule has 6 rings (SSSR count). The minimum Gasteiger partial charge on any atom is -0.384 e. The highest BCUT2D eigenvalue weighted by atomic mass is 35.5. The summed E-state index contributed by atoms with van der Waals surface area (Å²) in [5.41, 5.74) is 14.2. The Morgan fingerprint density at radius 1 is 0.691 bits per heavy atom. The molecule has 16 nitrogen and oxygen atoms in total. The lowest BCUT2D eigenvalue weighted by atomic mass is 9.94. The molecular weight excluding hydrogens is 906 g/mol. The molecule has 0 amide bonds. The van der Waals surface area contributed by atoms with Crippen LogP contribution in [-0.2, 0) is 19.5 Å². The maximum atomic E-state index is 13.8. The Kier molecular flexibility index (Phi) is 19.1. The van der Waals surface area contributed by atoms with Crippen molar-refractivity contribution in [3.63, 3.8) is 0 Å². The van der Waals surface area contributed by atoms with Crippen LogP contribution in [0, 0.1) is 36.5 Å².